The van der Waals surface area contributed by atoms with E-state index in [4.69, 9.17) is 11.6 Å². The first kappa shape index (κ1) is 18.6. The lowest BCUT2D eigenvalue weighted by Gasteiger charge is -2.34. The van der Waals surface area contributed by atoms with Gasteiger partial charge in [0.25, 0.3) is 5.69 Å². The van der Waals surface area contributed by atoms with Gasteiger partial charge in [-0.05, 0) is 55.0 Å². The Morgan fingerprint density at radius 3 is 2.71 bits per heavy atom. The molecular formula is C21H19ClFN3O2. The molecule has 0 unspecified atom stereocenters. The van der Waals surface area contributed by atoms with E-state index < -0.39 is 4.92 Å². The Balaban J connectivity index is 1.46. The highest BCUT2D eigenvalue weighted by Crippen LogP contribution is 2.33. The summed E-state index contributed by atoms with van der Waals surface area (Å²) in [6, 6.07) is 11.4. The molecule has 0 aliphatic carbocycles. The van der Waals surface area contributed by atoms with E-state index in [1.54, 1.807) is 18.3 Å². The zero-order chi connectivity index (χ0) is 19.7. The Bertz CT molecular complexity index is 1040. The molecule has 1 aromatic heterocycles. The van der Waals surface area contributed by atoms with Crippen LogP contribution in [0.15, 0.2) is 48.7 Å². The second-order valence-corrected chi connectivity index (χ2v) is 7.57. The van der Waals surface area contributed by atoms with Gasteiger partial charge in [-0.1, -0.05) is 17.7 Å². The van der Waals surface area contributed by atoms with E-state index in [0.29, 0.717) is 10.9 Å². The number of nitrogens with zero attached hydrogens (tertiary/aromatic N) is 3. The van der Waals surface area contributed by atoms with Crippen LogP contribution in [0.4, 0.5) is 15.8 Å². The monoisotopic (exact) mass is 399 g/mol. The first-order chi connectivity index (χ1) is 13.5. The zero-order valence-electron chi connectivity index (χ0n) is 15.1. The number of fused-ring (bicyclic) bond motifs is 1. The van der Waals surface area contributed by atoms with Crippen LogP contribution in [0.2, 0.25) is 5.02 Å². The lowest BCUT2D eigenvalue weighted by molar-refractivity contribution is -0.384. The van der Waals surface area contributed by atoms with E-state index in [9.17, 15) is 14.5 Å². The summed E-state index contributed by atoms with van der Waals surface area (Å²) in [5.74, 6) is 0.200. The number of hydrogen-bond donors (Lipinski definition) is 0. The number of aromatic nitrogens is 1. The SMILES string of the molecule is O=[N+]([O-])c1ccc(N2CCC(Cc3cc(F)cc4cccnc34)CC2)c(Cl)c1. The number of nitro benzene ring substituents is 1. The molecule has 1 aliphatic rings. The largest absolute Gasteiger partial charge is 0.370 e. The zero-order valence-corrected chi connectivity index (χ0v) is 15.9. The van der Waals surface area contributed by atoms with Gasteiger partial charge in [0.05, 0.1) is 21.2 Å². The van der Waals surface area contributed by atoms with Crippen LogP contribution >= 0.6 is 11.6 Å². The number of halogens is 2. The van der Waals surface area contributed by atoms with E-state index in [1.807, 2.05) is 12.1 Å². The van der Waals surface area contributed by atoms with Crippen LogP contribution in [0.25, 0.3) is 10.9 Å². The minimum absolute atomic E-state index is 0.00545. The van der Waals surface area contributed by atoms with Crippen molar-refractivity contribution in [2.45, 2.75) is 19.3 Å². The van der Waals surface area contributed by atoms with Crippen molar-refractivity contribution >= 4 is 33.9 Å². The van der Waals surface area contributed by atoms with Gasteiger partial charge in [0.15, 0.2) is 0 Å². The van der Waals surface area contributed by atoms with Crippen LogP contribution in [0.3, 0.4) is 0 Å². The van der Waals surface area contributed by atoms with Crippen molar-refractivity contribution in [3.63, 3.8) is 0 Å². The Kier molecular flexibility index (Phi) is 5.13. The van der Waals surface area contributed by atoms with E-state index in [1.165, 1.54) is 18.2 Å². The lowest BCUT2D eigenvalue weighted by Crippen LogP contribution is -2.34. The summed E-state index contributed by atoms with van der Waals surface area (Å²) in [5.41, 5.74) is 2.63. The maximum Gasteiger partial charge on any atom is 0.271 e. The Hall–Kier alpha value is -2.73. The number of rotatable bonds is 4. The highest BCUT2D eigenvalue weighted by molar-refractivity contribution is 6.33. The van der Waals surface area contributed by atoms with Crippen molar-refractivity contribution in [3.8, 4) is 0 Å². The summed E-state index contributed by atoms with van der Waals surface area (Å²) in [7, 11) is 0. The molecule has 0 bridgehead atoms. The minimum Gasteiger partial charge on any atom is -0.370 e. The first-order valence-electron chi connectivity index (χ1n) is 9.23. The van der Waals surface area contributed by atoms with Crippen molar-refractivity contribution in [3.05, 3.63) is 75.2 Å². The third kappa shape index (κ3) is 3.78. The molecule has 0 amide bonds. The number of pyridine rings is 1. The summed E-state index contributed by atoms with van der Waals surface area (Å²) in [4.78, 5) is 17.0. The standard InChI is InChI=1S/C21H19ClFN3O2/c22-19-13-18(26(27)28)3-4-20(19)25-8-5-14(6-9-25)10-16-12-17(23)11-15-2-1-7-24-21(15)16/h1-4,7,11-14H,5-6,8-10H2. The molecule has 0 atom stereocenters. The topological polar surface area (TPSA) is 59.3 Å². The van der Waals surface area contributed by atoms with Crippen LogP contribution < -0.4 is 4.90 Å². The molecule has 5 nitrogen and oxygen atoms in total. The fourth-order valence-electron chi connectivity index (χ4n) is 3.94. The molecule has 7 heteroatoms. The maximum absolute atomic E-state index is 14.0. The van der Waals surface area contributed by atoms with Crippen LogP contribution in [-0.2, 0) is 6.42 Å². The van der Waals surface area contributed by atoms with Gasteiger partial charge >= 0.3 is 0 Å². The number of piperidine rings is 1. The predicted molar refractivity (Wildman–Crippen MR) is 108 cm³/mol. The van der Waals surface area contributed by atoms with E-state index in [2.05, 4.69) is 9.88 Å². The number of anilines is 1. The molecule has 1 saturated heterocycles. The quantitative estimate of drug-likeness (QED) is 0.435. The molecule has 2 heterocycles. The Morgan fingerprint density at radius 2 is 2.00 bits per heavy atom. The highest BCUT2D eigenvalue weighted by Gasteiger charge is 2.23. The second-order valence-electron chi connectivity index (χ2n) is 7.17. The summed E-state index contributed by atoms with van der Waals surface area (Å²) >= 11 is 6.26. The Morgan fingerprint density at radius 1 is 1.21 bits per heavy atom. The van der Waals surface area contributed by atoms with Crippen LogP contribution in [0.1, 0.15) is 18.4 Å². The molecule has 2 aromatic carbocycles. The molecule has 4 rings (SSSR count). The van der Waals surface area contributed by atoms with E-state index in [-0.39, 0.29) is 11.5 Å². The van der Waals surface area contributed by atoms with E-state index >= 15 is 0 Å². The molecular weight excluding hydrogens is 381 g/mol. The Labute approximate surface area is 166 Å². The molecule has 0 spiro atoms. The predicted octanol–water partition coefficient (Wildman–Crippen LogP) is 5.39. The molecule has 1 aliphatic heterocycles. The average molecular weight is 400 g/mol. The van der Waals surface area contributed by atoms with Crippen molar-refractivity contribution in [1.29, 1.82) is 0 Å². The van der Waals surface area contributed by atoms with Gasteiger partial charge < -0.3 is 4.90 Å². The van der Waals surface area contributed by atoms with Crippen LogP contribution in [0, 0.1) is 21.8 Å². The van der Waals surface area contributed by atoms with Crippen LogP contribution in [0.5, 0.6) is 0 Å². The van der Waals surface area contributed by atoms with Gasteiger partial charge in [-0.3, -0.25) is 15.1 Å². The third-order valence-electron chi connectivity index (χ3n) is 5.35. The lowest BCUT2D eigenvalue weighted by atomic mass is 9.89. The molecule has 3 aromatic rings. The van der Waals surface area contributed by atoms with Gasteiger partial charge in [0, 0.05) is 36.8 Å². The normalized spacial score (nSPS) is 15.1. The minimum atomic E-state index is -0.445. The second kappa shape index (κ2) is 7.72. The van der Waals surface area contributed by atoms with Gasteiger partial charge in [-0.15, -0.1) is 0 Å². The van der Waals surface area contributed by atoms with Gasteiger partial charge in [-0.2, -0.15) is 0 Å². The molecule has 28 heavy (non-hydrogen) atoms. The van der Waals surface area contributed by atoms with Gasteiger partial charge in [0.1, 0.15) is 5.82 Å². The summed E-state index contributed by atoms with van der Waals surface area (Å²) in [6.07, 6.45) is 4.41. The molecule has 0 radical (unpaired) electrons. The van der Waals surface area contributed by atoms with Crippen molar-refractivity contribution in [2.24, 2.45) is 5.92 Å². The number of hydrogen-bond acceptors (Lipinski definition) is 4. The highest BCUT2D eigenvalue weighted by atomic mass is 35.5. The molecule has 1 fully saturated rings. The van der Waals surface area contributed by atoms with Crippen molar-refractivity contribution < 1.29 is 9.31 Å². The number of benzene rings is 2. The molecule has 0 saturated carbocycles. The maximum atomic E-state index is 14.0. The third-order valence-corrected chi connectivity index (χ3v) is 5.66. The summed E-state index contributed by atoms with van der Waals surface area (Å²) in [5, 5.41) is 12.1. The van der Waals surface area contributed by atoms with Crippen molar-refractivity contribution in [2.75, 3.05) is 18.0 Å². The summed E-state index contributed by atoms with van der Waals surface area (Å²) in [6.45, 7) is 1.62. The first-order valence-corrected chi connectivity index (χ1v) is 9.61. The fourth-order valence-corrected chi connectivity index (χ4v) is 4.23. The van der Waals surface area contributed by atoms with Crippen LogP contribution in [-0.4, -0.2) is 23.0 Å². The van der Waals surface area contributed by atoms with Crippen molar-refractivity contribution in [1.82, 2.24) is 4.98 Å². The van der Waals surface area contributed by atoms with Gasteiger partial charge in [-0.25, -0.2) is 4.39 Å². The number of non-ortho nitro benzene ring substituents is 1. The number of nitro groups is 1. The molecule has 0 N–H and O–H groups in total. The summed E-state index contributed by atoms with van der Waals surface area (Å²) < 4.78 is 14.0. The fraction of sp³-hybridized carbons (Fsp3) is 0.286. The smallest absolute Gasteiger partial charge is 0.271 e. The molecule has 144 valence electrons. The van der Waals surface area contributed by atoms with E-state index in [0.717, 1.165) is 54.5 Å². The average Bonchev–Trinajstić information content (AvgIpc) is 2.68. The van der Waals surface area contributed by atoms with Gasteiger partial charge in [0.2, 0.25) is 0 Å².